The molecule has 0 aromatic heterocycles. The summed E-state index contributed by atoms with van der Waals surface area (Å²) in [5.74, 6) is -0.522. The molecule has 5 heteroatoms. The number of nitrogens with one attached hydrogen (secondary N) is 1. The van der Waals surface area contributed by atoms with E-state index in [1.165, 1.54) is 6.92 Å². The van der Waals surface area contributed by atoms with Crippen molar-refractivity contribution in [1.29, 1.82) is 5.41 Å². The van der Waals surface area contributed by atoms with Crippen molar-refractivity contribution >= 4 is 17.5 Å². The molecule has 0 fully saturated rings. The lowest BCUT2D eigenvalue weighted by Gasteiger charge is -2.05. The lowest BCUT2D eigenvalue weighted by atomic mass is 10.2. The van der Waals surface area contributed by atoms with E-state index in [2.05, 4.69) is 4.99 Å². The van der Waals surface area contributed by atoms with Crippen LogP contribution in [0, 0.1) is 5.41 Å². The second-order valence-corrected chi connectivity index (χ2v) is 2.22. The molecule has 0 saturated carbocycles. The molecule has 1 unspecified atom stereocenters. The SMILES string of the molecule is CC(=N)N=C(C)C(N)C(N)=O. The van der Waals surface area contributed by atoms with Crippen LogP contribution in [0.25, 0.3) is 0 Å². The number of carbonyl (C=O) groups is 1. The van der Waals surface area contributed by atoms with E-state index in [1.54, 1.807) is 6.92 Å². The molecule has 0 aliphatic carbocycles. The number of aliphatic imine (C=N–C) groups is 1. The monoisotopic (exact) mass is 156 g/mol. The third-order valence-electron chi connectivity index (χ3n) is 1.10. The van der Waals surface area contributed by atoms with Crippen LogP contribution in [0.3, 0.4) is 0 Å². The van der Waals surface area contributed by atoms with Crippen LogP contribution in [0.15, 0.2) is 4.99 Å². The highest BCUT2D eigenvalue weighted by molar-refractivity contribution is 6.09. The summed E-state index contributed by atoms with van der Waals surface area (Å²) < 4.78 is 0. The van der Waals surface area contributed by atoms with E-state index in [1.807, 2.05) is 0 Å². The molecule has 0 aromatic rings. The second kappa shape index (κ2) is 3.82. The first-order valence-electron chi connectivity index (χ1n) is 3.10. The Hall–Kier alpha value is -1.23. The molecule has 0 heterocycles. The molecule has 1 amide bonds. The number of amides is 1. The Kier molecular flexibility index (Phi) is 3.39. The van der Waals surface area contributed by atoms with Crippen molar-refractivity contribution in [3.05, 3.63) is 0 Å². The van der Waals surface area contributed by atoms with Gasteiger partial charge in [-0.2, -0.15) is 0 Å². The summed E-state index contributed by atoms with van der Waals surface area (Å²) in [6.07, 6.45) is 0. The van der Waals surface area contributed by atoms with Crippen molar-refractivity contribution in [3.8, 4) is 0 Å². The minimum atomic E-state index is -0.879. The average Bonchev–Trinajstić information content (AvgIpc) is 1.84. The maximum absolute atomic E-state index is 10.5. The number of nitrogens with zero attached hydrogens (tertiary/aromatic N) is 1. The van der Waals surface area contributed by atoms with E-state index in [-0.39, 0.29) is 5.84 Å². The van der Waals surface area contributed by atoms with Crippen molar-refractivity contribution in [3.63, 3.8) is 0 Å². The van der Waals surface area contributed by atoms with E-state index >= 15 is 0 Å². The number of primary amides is 1. The molecule has 5 nitrogen and oxygen atoms in total. The Bertz CT molecular complexity index is 209. The topological polar surface area (TPSA) is 105 Å². The fourth-order valence-electron chi connectivity index (χ4n) is 0.540. The molecule has 0 rings (SSSR count). The normalized spacial score (nSPS) is 14.3. The fourth-order valence-corrected chi connectivity index (χ4v) is 0.540. The van der Waals surface area contributed by atoms with Crippen LogP contribution in [-0.4, -0.2) is 23.5 Å². The summed E-state index contributed by atoms with van der Waals surface area (Å²) in [6.45, 7) is 3.06. The first-order chi connectivity index (χ1) is 4.95. The smallest absolute Gasteiger partial charge is 0.240 e. The molecule has 1 atom stereocenters. The van der Waals surface area contributed by atoms with Crippen LogP contribution in [0.4, 0.5) is 0 Å². The summed E-state index contributed by atoms with van der Waals surface area (Å²) in [5, 5.41) is 6.96. The van der Waals surface area contributed by atoms with Crippen molar-refractivity contribution in [2.24, 2.45) is 16.5 Å². The van der Waals surface area contributed by atoms with Gasteiger partial charge in [0.05, 0.1) is 0 Å². The molecular formula is C6H12N4O. The van der Waals surface area contributed by atoms with E-state index in [4.69, 9.17) is 16.9 Å². The van der Waals surface area contributed by atoms with Crippen LogP contribution in [-0.2, 0) is 4.79 Å². The fraction of sp³-hybridized carbons (Fsp3) is 0.500. The van der Waals surface area contributed by atoms with Gasteiger partial charge in [-0.05, 0) is 13.8 Å². The Morgan fingerprint density at radius 2 is 2.00 bits per heavy atom. The van der Waals surface area contributed by atoms with Crippen molar-refractivity contribution in [1.82, 2.24) is 0 Å². The van der Waals surface area contributed by atoms with Gasteiger partial charge in [-0.15, -0.1) is 0 Å². The van der Waals surface area contributed by atoms with Gasteiger partial charge >= 0.3 is 0 Å². The minimum absolute atomic E-state index is 0.110. The van der Waals surface area contributed by atoms with Gasteiger partial charge in [-0.3, -0.25) is 10.2 Å². The molecule has 0 aromatic carbocycles. The van der Waals surface area contributed by atoms with E-state index in [0.717, 1.165) is 0 Å². The third-order valence-corrected chi connectivity index (χ3v) is 1.10. The van der Waals surface area contributed by atoms with E-state index < -0.39 is 11.9 Å². The predicted molar refractivity (Wildman–Crippen MR) is 43.7 cm³/mol. The lowest BCUT2D eigenvalue weighted by Crippen LogP contribution is -2.42. The van der Waals surface area contributed by atoms with Gasteiger partial charge in [0.2, 0.25) is 5.91 Å². The van der Waals surface area contributed by atoms with Gasteiger partial charge in [0, 0.05) is 5.71 Å². The largest absolute Gasteiger partial charge is 0.368 e. The van der Waals surface area contributed by atoms with Crippen molar-refractivity contribution in [2.75, 3.05) is 0 Å². The number of amidine groups is 1. The second-order valence-electron chi connectivity index (χ2n) is 2.22. The molecule has 0 bridgehead atoms. The highest BCUT2D eigenvalue weighted by Crippen LogP contribution is 1.85. The lowest BCUT2D eigenvalue weighted by molar-refractivity contribution is -0.117. The molecule has 0 spiro atoms. The summed E-state index contributed by atoms with van der Waals surface area (Å²) in [5.41, 5.74) is 10.6. The van der Waals surface area contributed by atoms with Crippen LogP contribution < -0.4 is 11.5 Å². The van der Waals surface area contributed by atoms with Crippen molar-refractivity contribution in [2.45, 2.75) is 19.9 Å². The zero-order valence-electron chi connectivity index (χ0n) is 6.59. The standard InChI is InChI=1S/C6H12N4O/c1-3(10-4(2)7)5(8)6(9)11/h5,7H,8H2,1-2H3,(H2,9,11). The number of hydrogen-bond acceptors (Lipinski definition) is 3. The van der Waals surface area contributed by atoms with Crippen LogP contribution in [0.5, 0.6) is 0 Å². The van der Waals surface area contributed by atoms with Gasteiger partial charge < -0.3 is 11.5 Å². The van der Waals surface area contributed by atoms with E-state index in [0.29, 0.717) is 5.71 Å². The zero-order valence-corrected chi connectivity index (χ0v) is 6.59. The quantitative estimate of drug-likeness (QED) is 0.361. The number of nitrogens with two attached hydrogens (primary N) is 2. The van der Waals surface area contributed by atoms with Gasteiger partial charge in [-0.1, -0.05) is 0 Å². The molecule has 62 valence electrons. The predicted octanol–water partition coefficient (Wildman–Crippen LogP) is -0.743. The molecule has 11 heavy (non-hydrogen) atoms. The maximum atomic E-state index is 10.5. The summed E-state index contributed by atoms with van der Waals surface area (Å²) in [4.78, 5) is 14.1. The molecule has 5 N–H and O–H groups in total. The van der Waals surface area contributed by atoms with Gasteiger partial charge in [0.1, 0.15) is 11.9 Å². The minimum Gasteiger partial charge on any atom is -0.368 e. The molecule has 0 aliphatic heterocycles. The summed E-state index contributed by atoms with van der Waals surface area (Å²) >= 11 is 0. The van der Waals surface area contributed by atoms with Crippen LogP contribution in [0.1, 0.15) is 13.8 Å². The summed E-state index contributed by atoms with van der Waals surface area (Å²) in [6, 6.07) is -0.879. The van der Waals surface area contributed by atoms with E-state index in [9.17, 15) is 4.79 Å². The summed E-state index contributed by atoms with van der Waals surface area (Å²) in [7, 11) is 0. The third kappa shape index (κ3) is 3.47. The molecule has 0 aliphatic rings. The number of rotatable bonds is 2. The highest BCUT2D eigenvalue weighted by Gasteiger charge is 2.11. The zero-order chi connectivity index (χ0) is 9.02. The van der Waals surface area contributed by atoms with Gasteiger partial charge in [0.25, 0.3) is 0 Å². The number of carbonyl (C=O) groups excluding carboxylic acids is 1. The van der Waals surface area contributed by atoms with Gasteiger partial charge in [0.15, 0.2) is 0 Å². The molecule has 0 radical (unpaired) electrons. The molecular weight excluding hydrogens is 144 g/mol. The Balaban J connectivity index is 4.35. The Labute approximate surface area is 65.0 Å². The maximum Gasteiger partial charge on any atom is 0.240 e. The Morgan fingerprint density at radius 1 is 1.55 bits per heavy atom. The molecule has 0 saturated heterocycles. The Morgan fingerprint density at radius 3 is 2.27 bits per heavy atom. The van der Waals surface area contributed by atoms with Crippen LogP contribution in [0.2, 0.25) is 0 Å². The number of hydrogen-bond donors (Lipinski definition) is 3. The van der Waals surface area contributed by atoms with Crippen LogP contribution >= 0.6 is 0 Å². The van der Waals surface area contributed by atoms with Crippen molar-refractivity contribution < 1.29 is 4.79 Å². The van der Waals surface area contributed by atoms with Gasteiger partial charge in [-0.25, -0.2) is 4.99 Å². The highest BCUT2D eigenvalue weighted by atomic mass is 16.1. The average molecular weight is 156 g/mol. The first-order valence-corrected chi connectivity index (χ1v) is 3.10. The first kappa shape index (κ1) is 9.77.